The quantitative estimate of drug-likeness (QED) is 0.860. The summed E-state index contributed by atoms with van der Waals surface area (Å²) in [6.45, 7) is 6.71. The van der Waals surface area contributed by atoms with Crippen molar-refractivity contribution in [3.05, 3.63) is 23.4 Å². The van der Waals surface area contributed by atoms with Crippen LogP contribution >= 0.6 is 0 Å². The Morgan fingerprint density at radius 2 is 1.96 bits per heavy atom. The number of hydrogen-bond acceptors (Lipinski definition) is 4. The number of aromatic nitrogens is 1. The van der Waals surface area contributed by atoms with E-state index in [0.717, 1.165) is 12.1 Å². The molecular formula is C16H20F3N3O. The molecule has 0 aromatic carbocycles. The molecule has 1 aromatic heterocycles. The van der Waals surface area contributed by atoms with Crippen LogP contribution in [-0.2, 0) is 6.18 Å². The highest BCUT2D eigenvalue weighted by atomic mass is 19.4. The van der Waals surface area contributed by atoms with Gasteiger partial charge in [-0.1, -0.05) is 20.8 Å². The smallest absolute Gasteiger partial charge is 0.391 e. The lowest BCUT2D eigenvalue weighted by molar-refractivity contribution is -0.141. The zero-order valence-corrected chi connectivity index (χ0v) is 13.4. The molecule has 1 saturated heterocycles. The van der Waals surface area contributed by atoms with Crippen molar-refractivity contribution in [1.29, 1.82) is 5.26 Å². The standard InChI is InChI=1S/C16H20F3N3O/c1-15(2,3)11-6-7-22(9-12(11)23)14-10(8-20)4-5-13(21-14)16(17,18)19/h4-5,11-12,23H,6-7,9H2,1-3H3. The third-order valence-electron chi connectivity index (χ3n) is 4.28. The molecule has 2 unspecified atom stereocenters. The summed E-state index contributed by atoms with van der Waals surface area (Å²) >= 11 is 0. The Morgan fingerprint density at radius 1 is 1.30 bits per heavy atom. The van der Waals surface area contributed by atoms with Crippen molar-refractivity contribution in [3.8, 4) is 6.07 Å². The van der Waals surface area contributed by atoms with Crippen LogP contribution in [0, 0.1) is 22.7 Å². The lowest BCUT2D eigenvalue weighted by atomic mass is 9.73. The topological polar surface area (TPSA) is 60.2 Å². The Kier molecular flexibility index (Phi) is 4.58. The monoisotopic (exact) mass is 327 g/mol. The summed E-state index contributed by atoms with van der Waals surface area (Å²) in [7, 11) is 0. The minimum Gasteiger partial charge on any atom is -0.391 e. The van der Waals surface area contributed by atoms with Gasteiger partial charge in [-0.25, -0.2) is 4.98 Å². The van der Waals surface area contributed by atoms with E-state index in [9.17, 15) is 18.3 Å². The van der Waals surface area contributed by atoms with E-state index in [1.807, 2.05) is 26.8 Å². The number of piperidine rings is 1. The third kappa shape index (κ3) is 3.75. The molecule has 23 heavy (non-hydrogen) atoms. The van der Waals surface area contributed by atoms with Crippen LogP contribution in [0.25, 0.3) is 0 Å². The Hall–Kier alpha value is -1.81. The maximum absolute atomic E-state index is 12.9. The van der Waals surface area contributed by atoms with E-state index >= 15 is 0 Å². The first-order chi connectivity index (χ1) is 10.5. The summed E-state index contributed by atoms with van der Waals surface area (Å²) in [5.74, 6) is 0.0452. The normalized spacial score (nSPS) is 22.8. The van der Waals surface area contributed by atoms with Crippen molar-refractivity contribution in [2.45, 2.75) is 39.5 Å². The molecule has 126 valence electrons. The maximum atomic E-state index is 12.9. The number of nitrogens with zero attached hydrogens (tertiary/aromatic N) is 3. The van der Waals surface area contributed by atoms with Gasteiger partial charge in [-0.2, -0.15) is 18.4 Å². The van der Waals surface area contributed by atoms with Crippen LogP contribution in [0.3, 0.4) is 0 Å². The van der Waals surface area contributed by atoms with E-state index in [1.54, 1.807) is 4.90 Å². The number of rotatable bonds is 1. The summed E-state index contributed by atoms with van der Waals surface area (Å²) in [6, 6.07) is 3.81. The molecule has 1 aliphatic heterocycles. The highest BCUT2D eigenvalue weighted by Crippen LogP contribution is 2.37. The molecule has 0 aliphatic carbocycles. The number of hydrogen-bond donors (Lipinski definition) is 1. The molecule has 0 bridgehead atoms. The average Bonchev–Trinajstić information content (AvgIpc) is 2.44. The largest absolute Gasteiger partial charge is 0.433 e. The number of pyridine rings is 1. The van der Waals surface area contributed by atoms with Gasteiger partial charge in [0.25, 0.3) is 0 Å². The average molecular weight is 327 g/mol. The van der Waals surface area contributed by atoms with Crippen molar-refractivity contribution in [1.82, 2.24) is 4.98 Å². The van der Waals surface area contributed by atoms with Gasteiger partial charge in [-0.3, -0.25) is 0 Å². The number of β-amino-alcohol motifs (C(OH)–C–C–N with tert-alkyl or cyclic N) is 1. The number of alkyl halides is 3. The molecule has 2 atom stereocenters. The van der Waals surface area contributed by atoms with Crippen LogP contribution in [-0.4, -0.2) is 29.3 Å². The van der Waals surface area contributed by atoms with Gasteiger partial charge in [-0.15, -0.1) is 0 Å². The molecule has 0 amide bonds. The number of aliphatic hydroxyl groups excluding tert-OH is 1. The zero-order chi connectivity index (χ0) is 17.4. The Labute approximate surface area is 133 Å². The second-order valence-corrected chi connectivity index (χ2v) is 6.95. The van der Waals surface area contributed by atoms with Crippen LogP contribution in [0.1, 0.15) is 38.4 Å². The molecule has 1 aromatic rings. The van der Waals surface area contributed by atoms with Crippen molar-refractivity contribution >= 4 is 5.82 Å². The van der Waals surface area contributed by atoms with Crippen LogP contribution in [0.2, 0.25) is 0 Å². The third-order valence-corrected chi connectivity index (χ3v) is 4.28. The van der Waals surface area contributed by atoms with E-state index in [0.29, 0.717) is 13.0 Å². The van der Waals surface area contributed by atoms with Crippen molar-refractivity contribution in [2.75, 3.05) is 18.0 Å². The van der Waals surface area contributed by atoms with Crippen LogP contribution in [0.4, 0.5) is 19.0 Å². The fraction of sp³-hybridized carbons (Fsp3) is 0.625. The number of halogens is 3. The Balaban J connectivity index is 2.31. The molecule has 4 nitrogen and oxygen atoms in total. The van der Waals surface area contributed by atoms with Crippen molar-refractivity contribution < 1.29 is 18.3 Å². The molecule has 1 fully saturated rings. The summed E-state index contributed by atoms with van der Waals surface area (Å²) in [5, 5.41) is 19.5. The molecule has 1 aliphatic rings. The van der Waals surface area contributed by atoms with E-state index < -0.39 is 18.0 Å². The minimum absolute atomic E-state index is 0.00580. The summed E-state index contributed by atoms with van der Waals surface area (Å²) in [5.41, 5.74) is -1.04. The molecule has 0 radical (unpaired) electrons. The minimum atomic E-state index is -4.56. The zero-order valence-electron chi connectivity index (χ0n) is 13.4. The van der Waals surface area contributed by atoms with Crippen molar-refractivity contribution in [2.24, 2.45) is 11.3 Å². The lowest BCUT2D eigenvalue weighted by Gasteiger charge is -2.42. The molecule has 7 heteroatoms. The predicted octanol–water partition coefficient (Wildman–Crippen LogP) is 3.21. The molecule has 0 saturated carbocycles. The second kappa shape index (κ2) is 6.00. The first kappa shape index (κ1) is 17.5. The first-order valence-corrected chi connectivity index (χ1v) is 7.45. The molecule has 1 N–H and O–H groups in total. The predicted molar refractivity (Wildman–Crippen MR) is 79.7 cm³/mol. The lowest BCUT2D eigenvalue weighted by Crippen LogP contribution is -2.48. The fourth-order valence-electron chi connectivity index (χ4n) is 3.07. The van der Waals surface area contributed by atoms with Crippen LogP contribution in [0.5, 0.6) is 0 Å². The highest BCUT2D eigenvalue weighted by molar-refractivity contribution is 5.55. The molecule has 0 spiro atoms. The van der Waals surface area contributed by atoms with Gasteiger partial charge < -0.3 is 10.0 Å². The van der Waals surface area contributed by atoms with Gasteiger partial charge in [0, 0.05) is 13.1 Å². The fourth-order valence-corrected chi connectivity index (χ4v) is 3.07. The maximum Gasteiger partial charge on any atom is 0.433 e. The van der Waals surface area contributed by atoms with E-state index in [4.69, 9.17) is 5.26 Å². The Morgan fingerprint density at radius 3 is 2.43 bits per heavy atom. The van der Waals surface area contributed by atoms with E-state index in [2.05, 4.69) is 4.98 Å². The highest BCUT2D eigenvalue weighted by Gasteiger charge is 2.38. The molecule has 2 heterocycles. The summed E-state index contributed by atoms with van der Waals surface area (Å²) in [4.78, 5) is 5.20. The van der Waals surface area contributed by atoms with Gasteiger partial charge >= 0.3 is 6.18 Å². The van der Waals surface area contributed by atoms with E-state index in [1.165, 1.54) is 0 Å². The SMILES string of the molecule is CC(C)(C)C1CCN(c2nc(C(F)(F)F)ccc2C#N)CC1O. The van der Waals surface area contributed by atoms with Crippen molar-refractivity contribution in [3.63, 3.8) is 0 Å². The van der Waals surface area contributed by atoms with Gasteiger partial charge in [0.2, 0.25) is 0 Å². The summed E-state index contributed by atoms with van der Waals surface area (Å²) < 4.78 is 38.6. The number of nitriles is 1. The molecular weight excluding hydrogens is 307 g/mol. The Bertz CT molecular complexity index is 616. The second-order valence-electron chi connectivity index (χ2n) is 6.95. The van der Waals surface area contributed by atoms with E-state index in [-0.39, 0.29) is 29.3 Å². The first-order valence-electron chi connectivity index (χ1n) is 7.45. The number of anilines is 1. The van der Waals surface area contributed by atoms with Gasteiger partial charge in [0.1, 0.15) is 17.6 Å². The van der Waals surface area contributed by atoms with Gasteiger partial charge in [-0.05, 0) is 29.9 Å². The summed E-state index contributed by atoms with van der Waals surface area (Å²) in [6.07, 6.45) is -4.61. The van der Waals surface area contributed by atoms with Gasteiger partial charge in [0.05, 0.1) is 11.7 Å². The van der Waals surface area contributed by atoms with Crippen LogP contribution in [0.15, 0.2) is 12.1 Å². The van der Waals surface area contributed by atoms with Gasteiger partial charge in [0.15, 0.2) is 0 Å². The molecule has 2 rings (SSSR count). The number of aliphatic hydroxyl groups is 1. The van der Waals surface area contributed by atoms with Crippen LogP contribution < -0.4 is 4.90 Å².